The van der Waals surface area contributed by atoms with Gasteiger partial charge in [0, 0.05) is 25.3 Å². The van der Waals surface area contributed by atoms with Crippen molar-refractivity contribution in [1.82, 2.24) is 0 Å². The minimum atomic E-state index is -0.996. The lowest BCUT2D eigenvalue weighted by Gasteiger charge is -2.19. The summed E-state index contributed by atoms with van der Waals surface area (Å²) in [5.41, 5.74) is 2.70. The van der Waals surface area contributed by atoms with E-state index in [1.165, 1.54) is 11.1 Å². The number of aliphatic imine (C=N–C) groups is 1. The number of allylic oxidation sites excluding steroid dienone is 2. The molecule has 4 heteroatoms. The second kappa shape index (κ2) is 7.91. The van der Waals surface area contributed by atoms with E-state index in [1.54, 1.807) is 13.8 Å². The number of hydrogen-bond donors (Lipinski definition) is 1. The summed E-state index contributed by atoms with van der Waals surface area (Å²) in [5.74, 6) is 0. The Labute approximate surface area is 122 Å². The molecule has 0 radical (unpaired) electrons. The van der Waals surface area contributed by atoms with Gasteiger partial charge in [0.15, 0.2) is 12.0 Å². The van der Waals surface area contributed by atoms with Gasteiger partial charge in [-0.05, 0) is 59.5 Å². The minimum Gasteiger partial charge on any atom is -0.370 e. The second-order valence-corrected chi connectivity index (χ2v) is 5.69. The molecule has 0 aliphatic heterocycles. The van der Waals surface area contributed by atoms with Crippen LogP contribution in [0.2, 0.25) is 0 Å². The predicted molar refractivity (Wildman–Crippen MR) is 81.9 cm³/mol. The van der Waals surface area contributed by atoms with Gasteiger partial charge in [-0.3, -0.25) is 4.99 Å². The van der Waals surface area contributed by atoms with Gasteiger partial charge in [0.1, 0.15) is 0 Å². The normalized spacial score (nSPS) is 18.6. The molecule has 1 aliphatic carbocycles. The highest BCUT2D eigenvalue weighted by Gasteiger charge is 2.22. The zero-order valence-corrected chi connectivity index (χ0v) is 13.5. The zero-order valence-electron chi connectivity index (χ0n) is 13.5. The molecular formula is C16H29NO3. The van der Waals surface area contributed by atoms with Crippen molar-refractivity contribution in [2.45, 2.75) is 72.3 Å². The molecule has 0 aromatic carbocycles. The van der Waals surface area contributed by atoms with Crippen LogP contribution in [-0.2, 0) is 9.47 Å². The molecule has 4 nitrogen and oxygen atoms in total. The van der Waals surface area contributed by atoms with Crippen molar-refractivity contribution >= 4 is 5.71 Å². The second-order valence-electron chi connectivity index (χ2n) is 5.69. The predicted octanol–water partition coefficient (Wildman–Crippen LogP) is 3.45. The number of nitrogens with zero attached hydrogens (tertiary/aromatic N) is 1. The summed E-state index contributed by atoms with van der Waals surface area (Å²) in [6.07, 6.45) is 3.55. The Kier molecular flexibility index (Phi) is 6.86. The number of rotatable bonds is 8. The fourth-order valence-electron chi connectivity index (χ4n) is 2.51. The highest BCUT2D eigenvalue weighted by Crippen LogP contribution is 2.29. The van der Waals surface area contributed by atoms with Gasteiger partial charge < -0.3 is 14.6 Å². The third-order valence-electron chi connectivity index (χ3n) is 3.34. The molecule has 0 amide bonds. The van der Waals surface area contributed by atoms with Crippen molar-refractivity contribution in [2.75, 3.05) is 13.2 Å². The van der Waals surface area contributed by atoms with Crippen LogP contribution in [0.25, 0.3) is 0 Å². The Hall–Kier alpha value is -0.710. The maximum atomic E-state index is 9.87. The molecule has 0 spiro atoms. The first-order valence-corrected chi connectivity index (χ1v) is 7.60. The van der Waals surface area contributed by atoms with Gasteiger partial charge in [0.05, 0.1) is 0 Å². The van der Waals surface area contributed by atoms with Crippen LogP contribution in [0, 0.1) is 0 Å². The quantitative estimate of drug-likeness (QED) is 0.694. The smallest absolute Gasteiger partial charge is 0.157 e. The van der Waals surface area contributed by atoms with Gasteiger partial charge in [-0.2, -0.15) is 0 Å². The van der Waals surface area contributed by atoms with E-state index in [4.69, 9.17) is 9.47 Å². The highest BCUT2D eigenvalue weighted by atomic mass is 16.7. The lowest BCUT2D eigenvalue weighted by molar-refractivity contribution is -0.138. The summed E-state index contributed by atoms with van der Waals surface area (Å²) in [5, 5.41) is 9.87. The van der Waals surface area contributed by atoms with Crippen LogP contribution in [0.4, 0.5) is 0 Å². The molecule has 1 N–H and O–H groups in total. The Morgan fingerprint density at radius 1 is 1.20 bits per heavy atom. The molecule has 20 heavy (non-hydrogen) atoms. The summed E-state index contributed by atoms with van der Waals surface area (Å²) in [6, 6.07) is 0. The van der Waals surface area contributed by atoms with Crippen LogP contribution in [-0.4, -0.2) is 36.0 Å². The summed E-state index contributed by atoms with van der Waals surface area (Å²) in [7, 11) is 0. The van der Waals surface area contributed by atoms with Gasteiger partial charge in [-0.1, -0.05) is 5.57 Å². The molecule has 0 atom stereocenters. The number of ether oxygens (including phenoxy) is 2. The summed E-state index contributed by atoms with van der Waals surface area (Å²) in [6.45, 7) is 10.9. The van der Waals surface area contributed by atoms with Gasteiger partial charge in [-0.15, -0.1) is 0 Å². The van der Waals surface area contributed by atoms with E-state index in [9.17, 15) is 5.11 Å². The minimum absolute atomic E-state index is 0.144. The summed E-state index contributed by atoms with van der Waals surface area (Å²) < 4.78 is 11.2. The van der Waals surface area contributed by atoms with Crippen molar-refractivity contribution in [3.05, 3.63) is 11.1 Å². The Balaban J connectivity index is 2.68. The summed E-state index contributed by atoms with van der Waals surface area (Å²) >= 11 is 0. The zero-order chi connectivity index (χ0) is 15.2. The Morgan fingerprint density at radius 3 is 2.30 bits per heavy atom. The van der Waals surface area contributed by atoms with Crippen molar-refractivity contribution in [1.29, 1.82) is 0 Å². The molecule has 0 unspecified atom stereocenters. The van der Waals surface area contributed by atoms with Gasteiger partial charge in [-0.25, -0.2) is 0 Å². The third kappa shape index (κ3) is 5.73. The van der Waals surface area contributed by atoms with Crippen molar-refractivity contribution in [2.24, 2.45) is 4.99 Å². The third-order valence-corrected chi connectivity index (χ3v) is 3.34. The highest BCUT2D eigenvalue weighted by molar-refractivity contribution is 6.03. The molecule has 0 saturated heterocycles. The molecule has 1 aliphatic rings. The first-order chi connectivity index (χ1) is 9.37. The number of aliphatic hydroxyl groups is 1. The fraction of sp³-hybridized carbons (Fsp3) is 0.812. The van der Waals surface area contributed by atoms with E-state index in [0.29, 0.717) is 13.2 Å². The molecule has 0 aromatic heterocycles. The lowest BCUT2D eigenvalue weighted by Crippen LogP contribution is -2.20. The van der Waals surface area contributed by atoms with Crippen LogP contribution < -0.4 is 0 Å². The fourth-order valence-corrected chi connectivity index (χ4v) is 2.51. The van der Waals surface area contributed by atoms with E-state index in [0.717, 1.165) is 31.4 Å². The standard InChI is InChI=1S/C16H29NO3/c1-6-19-15(20-7-2)11-9-13-12(3)8-10-14(13)17-16(4,5)18/h15,18H,6-11H2,1-5H3. The molecule has 1 rings (SSSR count). The topological polar surface area (TPSA) is 51.0 Å². The van der Waals surface area contributed by atoms with Crippen LogP contribution in [0.15, 0.2) is 16.1 Å². The maximum absolute atomic E-state index is 9.87. The van der Waals surface area contributed by atoms with E-state index in [-0.39, 0.29) is 6.29 Å². The summed E-state index contributed by atoms with van der Waals surface area (Å²) in [4.78, 5) is 4.44. The number of hydrogen-bond acceptors (Lipinski definition) is 4. The molecule has 0 heterocycles. The van der Waals surface area contributed by atoms with Crippen LogP contribution in [0.1, 0.15) is 60.3 Å². The SMILES string of the molecule is CCOC(CCC1=C(C)CCC1=NC(C)(C)O)OCC. The molecule has 0 fully saturated rings. The Bertz CT molecular complexity index is 360. The van der Waals surface area contributed by atoms with Crippen molar-refractivity contribution in [3.63, 3.8) is 0 Å². The van der Waals surface area contributed by atoms with Gasteiger partial charge in [0.25, 0.3) is 0 Å². The largest absolute Gasteiger partial charge is 0.370 e. The monoisotopic (exact) mass is 283 g/mol. The van der Waals surface area contributed by atoms with Crippen LogP contribution in [0.5, 0.6) is 0 Å². The molecule has 0 aromatic rings. The van der Waals surface area contributed by atoms with E-state index in [1.807, 2.05) is 13.8 Å². The van der Waals surface area contributed by atoms with Crippen LogP contribution >= 0.6 is 0 Å². The first-order valence-electron chi connectivity index (χ1n) is 7.60. The van der Waals surface area contributed by atoms with Crippen molar-refractivity contribution < 1.29 is 14.6 Å². The van der Waals surface area contributed by atoms with Gasteiger partial charge in [0.2, 0.25) is 0 Å². The van der Waals surface area contributed by atoms with E-state index in [2.05, 4.69) is 11.9 Å². The lowest BCUT2D eigenvalue weighted by atomic mass is 10.0. The maximum Gasteiger partial charge on any atom is 0.157 e. The first kappa shape index (κ1) is 17.3. The van der Waals surface area contributed by atoms with Gasteiger partial charge >= 0.3 is 0 Å². The average molecular weight is 283 g/mol. The van der Waals surface area contributed by atoms with Crippen LogP contribution in [0.3, 0.4) is 0 Å². The Morgan fingerprint density at radius 2 is 1.80 bits per heavy atom. The molecule has 0 bridgehead atoms. The van der Waals surface area contributed by atoms with E-state index >= 15 is 0 Å². The van der Waals surface area contributed by atoms with E-state index < -0.39 is 5.72 Å². The average Bonchev–Trinajstić information content (AvgIpc) is 2.66. The molecule has 0 saturated carbocycles. The molecule has 116 valence electrons. The van der Waals surface area contributed by atoms with Crippen molar-refractivity contribution in [3.8, 4) is 0 Å². The molecular weight excluding hydrogens is 254 g/mol.